The van der Waals surface area contributed by atoms with Gasteiger partial charge in [0, 0.05) is 18.3 Å². The van der Waals surface area contributed by atoms with Gasteiger partial charge in [-0.05, 0) is 47.7 Å². The maximum Gasteiger partial charge on any atom is 0.248 e. The number of sulfonamides is 1. The molecule has 0 fully saturated rings. The standard InChI is InChI=1S/C20H22N2O3S/c1-3-15(16-7-5-4-6-8-16)14-20(23)21-18-9-10-19-17(13-18)11-12-22(19)26(2,24)25/h4-10,13-14H,3,11-12H2,1-2H3,(H,21,23)/b15-14+. The lowest BCUT2D eigenvalue weighted by atomic mass is 10.0. The van der Waals surface area contributed by atoms with E-state index in [1.54, 1.807) is 18.2 Å². The normalized spacial score (nSPS) is 14.2. The summed E-state index contributed by atoms with van der Waals surface area (Å²) < 4.78 is 25.0. The Bertz CT molecular complexity index is 950. The maximum absolute atomic E-state index is 12.4. The molecule has 1 aliphatic rings. The number of hydrogen-bond acceptors (Lipinski definition) is 3. The quantitative estimate of drug-likeness (QED) is 0.820. The number of allylic oxidation sites excluding steroid dienone is 1. The van der Waals surface area contributed by atoms with Crippen molar-refractivity contribution in [2.45, 2.75) is 19.8 Å². The summed E-state index contributed by atoms with van der Waals surface area (Å²) >= 11 is 0. The average Bonchev–Trinajstić information content (AvgIpc) is 3.04. The Hall–Kier alpha value is -2.60. The van der Waals surface area contributed by atoms with Crippen LogP contribution in [0.1, 0.15) is 24.5 Å². The van der Waals surface area contributed by atoms with Gasteiger partial charge in [-0.15, -0.1) is 0 Å². The third-order valence-electron chi connectivity index (χ3n) is 4.43. The van der Waals surface area contributed by atoms with E-state index in [1.807, 2.05) is 43.3 Å². The summed E-state index contributed by atoms with van der Waals surface area (Å²) in [5, 5.41) is 2.88. The van der Waals surface area contributed by atoms with Gasteiger partial charge in [-0.2, -0.15) is 0 Å². The fraction of sp³-hybridized carbons (Fsp3) is 0.250. The van der Waals surface area contributed by atoms with E-state index in [2.05, 4.69) is 5.32 Å². The molecular formula is C20H22N2O3S. The summed E-state index contributed by atoms with van der Waals surface area (Å²) in [6.45, 7) is 2.46. The molecule has 1 N–H and O–H groups in total. The van der Waals surface area contributed by atoms with E-state index in [9.17, 15) is 13.2 Å². The lowest BCUT2D eigenvalue weighted by Gasteiger charge is -2.16. The number of carbonyl (C=O) groups is 1. The topological polar surface area (TPSA) is 66.5 Å². The highest BCUT2D eigenvalue weighted by Gasteiger charge is 2.26. The van der Waals surface area contributed by atoms with Crippen LogP contribution in [0.4, 0.5) is 11.4 Å². The molecule has 0 atom stereocenters. The number of anilines is 2. The molecular weight excluding hydrogens is 348 g/mol. The van der Waals surface area contributed by atoms with Gasteiger partial charge in [0.2, 0.25) is 15.9 Å². The fourth-order valence-corrected chi connectivity index (χ4v) is 4.13. The smallest absolute Gasteiger partial charge is 0.248 e. The van der Waals surface area contributed by atoms with Crippen LogP contribution in [-0.4, -0.2) is 27.1 Å². The second kappa shape index (κ2) is 7.33. The number of benzene rings is 2. The Morgan fingerprint density at radius 3 is 2.58 bits per heavy atom. The number of nitrogens with zero attached hydrogens (tertiary/aromatic N) is 1. The van der Waals surface area contributed by atoms with Crippen molar-refractivity contribution in [1.29, 1.82) is 0 Å². The van der Waals surface area contributed by atoms with Crippen LogP contribution >= 0.6 is 0 Å². The molecule has 3 rings (SSSR count). The highest BCUT2D eigenvalue weighted by Crippen LogP contribution is 2.32. The van der Waals surface area contributed by atoms with Gasteiger partial charge < -0.3 is 5.32 Å². The number of hydrogen-bond donors (Lipinski definition) is 1. The van der Waals surface area contributed by atoms with E-state index in [0.29, 0.717) is 24.3 Å². The Labute approximate surface area is 154 Å². The zero-order chi connectivity index (χ0) is 18.7. The van der Waals surface area contributed by atoms with Crippen LogP contribution in [0.2, 0.25) is 0 Å². The summed E-state index contributed by atoms with van der Waals surface area (Å²) in [5.74, 6) is -0.191. The lowest BCUT2D eigenvalue weighted by Crippen LogP contribution is -2.27. The first-order valence-electron chi connectivity index (χ1n) is 8.56. The second-order valence-corrected chi connectivity index (χ2v) is 8.21. The minimum absolute atomic E-state index is 0.191. The van der Waals surface area contributed by atoms with Gasteiger partial charge in [0.25, 0.3) is 0 Å². The summed E-state index contributed by atoms with van der Waals surface area (Å²) in [7, 11) is -3.27. The number of carbonyl (C=O) groups excluding carboxylic acids is 1. The third-order valence-corrected chi connectivity index (χ3v) is 5.61. The maximum atomic E-state index is 12.4. The van der Waals surface area contributed by atoms with Gasteiger partial charge in [-0.1, -0.05) is 37.3 Å². The highest BCUT2D eigenvalue weighted by atomic mass is 32.2. The number of amides is 1. The van der Waals surface area contributed by atoms with Crippen LogP contribution in [-0.2, 0) is 21.2 Å². The van der Waals surface area contributed by atoms with Crippen molar-refractivity contribution < 1.29 is 13.2 Å². The lowest BCUT2D eigenvalue weighted by molar-refractivity contribution is -0.111. The van der Waals surface area contributed by atoms with Crippen LogP contribution in [0.15, 0.2) is 54.6 Å². The Morgan fingerprint density at radius 2 is 1.92 bits per heavy atom. The molecule has 0 aromatic heterocycles. The molecule has 2 aromatic carbocycles. The van der Waals surface area contributed by atoms with Gasteiger partial charge >= 0.3 is 0 Å². The van der Waals surface area contributed by atoms with Gasteiger partial charge in [-0.3, -0.25) is 9.10 Å². The average molecular weight is 370 g/mol. The van der Waals surface area contributed by atoms with Crippen LogP contribution in [0, 0.1) is 0 Å². The minimum atomic E-state index is -3.27. The van der Waals surface area contributed by atoms with E-state index in [1.165, 1.54) is 10.6 Å². The number of nitrogens with one attached hydrogen (secondary N) is 1. The van der Waals surface area contributed by atoms with Crippen molar-refractivity contribution in [2.75, 3.05) is 22.4 Å². The number of fused-ring (bicyclic) bond motifs is 1. The number of rotatable bonds is 5. The van der Waals surface area contributed by atoms with Crippen molar-refractivity contribution in [1.82, 2.24) is 0 Å². The third kappa shape index (κ3) is 3.96. The van der Waals surface area contributed by atoms with E-state index in [0.717, 1.165) is 23.1 Å². The minimum Gasteiger partial charge on any atom is -0.322 e. The van der Waals surface area contributed by atoms with Crippen molar-refractivity contribution in [2.24, 2.45) is 0 Å². The molecule has 0 radical (unpaired) electrons. The molecule has 5 nitrogen and oxygen atoms in total. The Kier molecular flexibility index (Phi) is 5.13. The molecule has 1 amide bonds. The highest BCUT2D eigenvalue weighted by molar-refractivity contribution is 7.92. The molecule has 0 unspecified atom stereocenters. The molecule has 6 heteroatoms. The first kappa shape index (κ1) is 18.2. The predicted octanol–water partition coefficient (Wildman–Crippen LogP) is 3.44. The summed E-state index contributed by atoms with van der Waals surface area (Å²) in [6.07, 6.45) is 4.22. The van der Waals surface area contributed by atoms with Gasteiger partial charge in [0.1, 0.15) is 0 Å². The Morgan fingerprint density at radius 1 is 1.19 bits per heavy atom. The monoisotopic (exact) mass is 370 g/mol. The van der Waals surface area contributed by atoms with E-state index < -0.39 is 10.0 Å². The van der Waals surface area contributed by atoms with E-state index >= 15 is 0 Å². The molecule has 26 heavy (non-hydrogen) atoms. The van der Waals surface area contributed by atoms with Crippen molar-refractivity contribution in [3.63, 3.8) is 0 Å². The molecule has 0 bridgehead atoms. The zero-order valence-corrected chi connectivity index (χ0v) is 15.7. The molecule has 0 saturated heterocycles. The van der Waals surface area contributed by atoms with Crippen LogP contribution < -0.4 is 9.62 Å². The van der Waals surface area contributed by atoms with E-state index in [-0.39, 0.29) is 5.91 Å². The summed E-state index contributed by atoms with van der Waals surface area (Å²) in [4.78, 5) is 12.4. The molecule has 2 aromatic rings. The largest absolute Gasteiger partial charge is 0.322 e. The van der Waals surface area contributed by atoms with Gasteiger partial charge in [-0.25, -0.2) is 8.42 Å². The molecule has 0 saturated carbocycles. The summed E-state index contributed by atoms with van der Waals surface area (Å²) in [6, 6.07) is 15.1. The summed E-state index contributed by atoms with van der Waals surface area (Å²) in [5.41, 5.74) is 4.29. The van der Waals surface area contributed by atoms with Crippen molar-refractivity contribution in [3.8, 4) is 0 Å². The molecule has 136 valence electrons. The Balaban J connectivity index is 1.78. The first-order valence-corrected chi connectivity index (χ1v) is 10.4. The molecule has 1 aliphatic heterocycles. The fourth-order valence-electron chi connectivity index (χ4n) is 3.17. The SMILES string of the molecule is CC/C(=C\C(=O)Nc1ccc2c(c1)CCN2S(C)(=O)=O)c1ccccc1. The first-order chi connectivity index (χ1) is 12.4. The van der Waals surface area contributed by atoms with Crippen molar-refractivity contribution in [3.05, 3.63) is 65.7 Å². The van der Waals surface area contributed by atoms with Gasteiger partial charge in [0.15, 0.2) is 0 Å². The molecule has 0 spiro atoms. The molecule has 0 aliphatic carbocycles. The van der Waals surface area contributed by atoms with Crippen LogP contribution in [0.25, 0.3) is 5.57 Å². The van der Waals surface area contributed by atoms with Crippen LogP contribution in [0.3, 0.4) is 0 Å². The van der Waals surface area contributed by atoms with Crippen molar-refractivity contribution >= 4 is 32.9 Å². The molecule has 1 heterocycles. The second-order valence-electron chi connectivity index (χ2n) is 6.31. The zero-order valence-electron chi connectivity index (χ0n) is 14.9. The van der Waals surface area contributed by atoms with E-state index in [4.69, 9.17) is 0 Å². The van der Waals surface area contributed by atoms with Gasteiger partial charge in [0.05, 0.1) is 11.9 Å². The van der Waals surface area contributed by atoms with Crippen LogP contribution in [0.5, 0.6) is 0 Å². The predicted molar refractivity (Wildman–Crippen MR) is 106 cm³/mol.